The van der Waals surface area contributed by atoms with E-state index in [1.54, 1.807) is 30.5 Å². The second-order valence-corrected chi connectivity index (χ2v) is 7.15. The lowest BCUT2D eigenvalue weighted by Gasteiger charge is -2.09. The smallest absolute Gasteiger partial charge is 0.319 e. The molecule has 0 aliphatic heterocycles. The van der Waals surface area contributed by atoms with E-state index in [9.17, 15) is 9.59 Å². The summed E-state index contributed by atoms with van der Waals surface area (Å²) in [6, 6.07) is 16.9. The van der Waals surface area contributed by atoms with Gasteiger partial charge in [-0.2, -0.15) is 5.10 Å². The number of carbonyl (C=O) groups is 2. The van der Waals surface area contributed by atoms with Crippen molar-refractivity contribution in [3.63, 3.8) is 0 Å². The lowest BCUT2D eigenvalue weighted by Crippen LogP contribution is -2.30. The topological polar surface area (TPSA) is 88.1 Å². The van der Waals surface area contributed by atoms with E-state index < -0.39 is 0 Å². The molecule has 1 saturated carbocycles. The van der Waals surface area contributed by atoms with E-state index in [1.807, 2.05) is 41.2 Å². The number of hydrogen-bond donors (Lipinski definition) is 3. The van der Waals surface area contributed by atoms with Crippen molar-refractivity contribution in [3.05, 3.63) is 83.7 Å². The van der Waals surface area contributed by atoms with Crippen LogP contribution < -0.4 is 16.0 Å². The predicted molar refractivity (Wildman–Crippen MR) is 111 cm³/mol. The molecule has 0 bridgehead atoms. The molecule has 3 N–H and O–H groups in total. The van der Waals surface area contributed by atoms with Crippen LogP contribution in [0.4, 0.5) is 10.5 Å². The molecule has 1 aliphatic carbocycles. The van der Waals surface area contributed by atoms with Gasteiger partial charge in [-0.3, -0.25) is 9.48 Å². The lowest BCUT2D eigenvalue weighted by molar-refractivity contribution is 0.0951. The fourth-order valence-corrected chi connectivity index (χ4v) is 2.91. The molecule has 1 aromatic heterocycles. The standard InChI is InChI=1S/C22H23N5O2/c28-21(18-6-8-19(9-7-18)25-22(29)26-20-10-11-20)23-14-16-2-4-17(5-3-16)15-27-13-1-12-24-27/h1-9,12-13,20H,10-11,14-15H2,(H,23,28)(H2,25,26,29). The first-order valence-corrected chi connectivity index (χ1v) is 9.67. The van der Waals surface area contributed by atoms with Gasteiger partial charge in [-0.1, -0.05) is 24.3 Å². The maximum atomic E-state index is 12.4. The Morgan fingerprint density at radius 2 is 1.72 bits per heavy atom. The summed E-state index contributed by atoms with van der Waals surface area (Å²) in [5, 5.41) is 12.7. The molecule has 0 spiro atoms. The third-order valence-electron chi connectivity index (χ3n) is 4.70. The Kier molecular flexibility index (Phi) is 5.56. The van der Waals surface area contributed by atoms with Gasteiger partial charge in [0.15, 0.2) is 0 Å². The van der Waals surface area contributed by atoms with Crippen LogP contribution in [0.5, 0.6) is 0 Å². The molecule has 148 valence electrons. The monoisotopic (exact) mass is 389 g/mol. The highest BCUT2D eigenvalue weighted by atomic mass is 16.2. The van der Waals surface area contributed by atoms with E-state index in [0.29, 0.717) is 23.8 Å². The molecule has 4 rings (SSSR count). The minimum Gasteiger partial charge on any atom is -0.348 e. The Morgan fingerprint density at radius 1 is 1.00 bits per heavy atom. The number of anilines is 1. The van der Waals surface area contributed by atoms with E-state index in [2.05, 4.69) is 21.0 Å². The molecule has 7 heteroatoms. The van der Waals surface area contributed by atoms with Gasteiger partial charge >= 0.3 is 6.03 Å². The highest BCUT2D eigenvalue weighted by Crippen LogP contribution is 2.19. The van der Waals surface area contributed by atoms with Gasteiger partial charge in [-0.15, -0.1) is 0 Å². The van der Waals surface area contributed by atoms with Crippen molar-refractivity contribution in [2.75, 3.05) is 5.32 Å². The molecule has 1 aliphatic rings. The molecule has 0 radical (unpaired) electrons. The normalized spacial score (nSPS) is 13.0. The van der Waals surface area contributed by atoms with Gasteiger partial charge < -0.3 is 16.0 Å². The Hall–Kier alpha value is -3.61. The van der Waals surface area contributed by atoms with Crippen molar-refractivity contribution in [3.8, 4) is 0 Å². The molecule has 3 aromatic rings. The number of carbonyl (C=O) groups excluding carboxylic acids is 2. The fourth-order valence-electron chi connectivity index (χ4n) is 2.91. The van der Waals surface area contributed by atoms with Crippen LogP contribution in [-0.2, 0) is 13.1 Å². The largest absolute Gasteiger partial charge is 0.348 e. The maximum Gasteiger partial charge on any atom is 0.319 e. The van der Waals surface area contributed by atoms with Crippen molar-refractivity contribution < 1.29 is 9.59 Å². The predicted octanol–water partition coefficient (Wildman–Crippen LogP) is 3.15. The maximum absolute atomic E-state index is 12.4. The van der Waals surface area contributed by atoms with Crippen LogP contribution in [0.25, 0.3) is 0 Å². The zero-order chi connectivity index (χ0) is 20.1. The Balaban J connectivity index is 1.26. The van der Waals surface area contributed by atoms with Crippen molar-refractivity contribution in [1.82, 2.24) is 20.4 Å². The molecule has 3 amide bonds. The molecule has 7 nitrogen and oxygen atoms in total. The van der Waals surface area contributed by atoms with Gasteiger partial charge in [0.2, 0.25) is 0 Å². The van der Waals surface area contributed by atoms with Gasteiger partial charge in [-0.05, 0) is 54.3 Å². The first kappa shape index (κ1) is 18.7. The zero-order valence-corrected chi connectivity index (χ0v) is 16.0. The van der Waals surface area contributed by atoms with Gasteiger partial charge in [0.05, 0.1) is 6.54 Å². The second kappa shape index (κ2) is 8.60. The number of aromatic nitrogens is 2. The van der Waals surface area contributed by atoms with Gasteiger partial charge in [0.1, 0.15) is 0 Å². The molecule has 29 heavy (non-hydrogen) atoms. The number of urea groups is 1. The highest BCUT2D eigenvalue weighted by molar-refractivity contribution is 5.95. The molecule has 0 saturated heterocycles. The average Bonchev–Trinajstić information content (AvgIpc) is 3.39. The summed E-state index contributed by atoms with van der Waals surface area (Å²) in [6.45, 7) is 1.17. The summed E-state index contributed by atoms with van der Waals surface area (Å²) in [5.74, 6) is -0.153. The first-order valence-electron chi connectivity index (χ1n) is 9.67. The fraction of sp³-hybridized carbons (Fsp3) is 0.227. The van der Waals surface area contributed by atoms with E-state index in [-0.39, 0.29) is 11.9 Å². The lowest BCUT2D eigenvalue weighted by atomic mass is 10.1. The summed E-state index contributed by atoms with van der Waals surface area (Å²) in [4.78, 5) is 24.1. The van der Waals surface area contributed by atoms with Crippen molar-refractivity contribution in [2.45, 2.75) is 32.0 Å². The summed E-state index contributed by atoms with van der Waals surface area (Å²) < 4.78 is 1.87. The Morgan fingerprint density at radius 3 is 2.38 bits per heavy atom. The highest BCUT2D eigenvalue weighted by Gasteiger charge is 2.23. The van der Waals surface area contributed by atoms with Crippen LogP contribution in [0.15, 0.2) is 67.0 Å². The van der Waals surface area contributed by atoms with Crippen LogP contribution in [0.2, 0.25) is 0 Å². The minimum absolute atomic E-state index is 0.153. The van der Waals surface area contributed by atoms with Crippen LogP contribution in [0.3, 0.4) is 0 Å². The number of benzene rings is 2. The molecule has 0 atom stereocenters. The third-order valence-corrected chi connectivity index (χ3v) is 4.70. The van der Waals surface area contributed by atoms with Gasteiger partial charge in [-0.25, -0.2) is 4.79 Å². The molecule has 0 unspecified atom stereocenters. The van der Waals surface area contributed by atoms with Crippen molar-refractivity contribution >= 4 is 17.6 Å². The number of rotatable bonds is 7. The number of nitrogens with one attached hydrogen (secondary N) is 3. The summed E-state index contributed by atoms with van der Waals surface area (Å²) in [5.41, 5.74) is 3.39. The SMILES string of the molecule is O=C(Nc1ccc(C(=O)NCc2ccc(Cn3cccn3)cc2)cc1)NC1CC1. The van der Waals surface area contributed by atoms with Crippen LogP contribution in [0, 0.1) is 0 Å². The summed E-state index contributed by atoms with van der Waals surface area (Å²) in [6.07, 6.45) is 5.77. The van der Waals surface area contributed by atoms with Gasteiger partial charge in [0, 0.05) is 36.2 Å². The van der Waals surface area contributed by atoms with Crippen molar-refractivity contribution in [2.24, 2.45) is 0 Å². The molecule has 1 fully saturated rings. The van der Waals surface area contributed by atoms with E-state index >= 15 is 0 Å². The first-order chi connectivity index (χ1) is 14.2. The zero-order valence-electron chi connectivity index (χ0n) is 16.0. The number of hydrogen-bond acceptors (Lipinski definition) is 3. The van der Waals surface area contributed by atoms with Crippen LogP contribution >= 0.6 is 0 Å². The average molecular weight is 389 g/mol. The summed E-state index contributed by atoms with van der Waals surface area (Å²) >= 11 is 0. The van der Waals surface area contributed by atoms with Crippen molar-refractivity contribution in [1.29, 1.82) is 0 Å². The van der Waals surface area contributed by atoms with E-state index in [0.717, 1.165) is 30.5 Å². The number of nitrogens with zero attached hydrogens (tertiary/aromatic N) is 2. The van der Waals surface area contributed by atoms with Gasteiger partial charge in [0.25, 0.3) is 5.91 Å². The van der Waals surface area contributed by atoms with E-state index in [1.165, 1.54) is 0 Å². The second-order valence-electron chi connectivity index (χ2n) is 7.15. The molecule has 1 heterocycles. The third kappa shape index (κ3) is 5.44. The Labute approximate surface area is 169 Å². The molecule has 2 aromatic carbocycles. The van der Waals surface area contributed by atoms with Crippen LogP contribution in [0.1, 0.15) is 34.3 Å². The minimum atomic E-state index is -0.208. The molecular formula is C22H23N5O2. The van der Waals surface area contributed by atoms with Crippen LogP contribution in [-0.4, -0.2) is 27.8 Å². The summed E-state index contributed by atoms with van der Waals surface area (Å²) in [7, 11) is 0. The molecular weight excluding hydrogens is 366 g/mol. The number of amides is 3. The quantitative estimate of drug-likeness (QED) is 0.580. The van der Waals surface area contributed by atoms with E-state index in [4.69, 9.17) is 0 Å². The Bertz CT molecular complexity index is 961.